The van der Waals surface area contributed by atoms with E-state index in [4.69, 9.17) is 4.52 Å². The Labute approximate surface area is 115 Å². The molecule has 0 saturated heterocycles. The van der Waals surface area contributed by atoms with Gasteiger partial charge in [0.25, 0.3) is 5.56 Å². The van der Waals surface area contributed by atoms with Gasteiger partial charge in [-0.25, -0.2) is 4.98 Å². The topological polar surface area (TPSA) is 90.0 Å². The number of aryl methyl sites for hydroxylation is 1. The molecular weight excluding hydrogens is 260 g/mol. The number of rotatable bonds is 4. The summed E-state index contributed by atoms with van der Waals surface area (Å²) < 4.78 is 6.11. The van der Waals surface area contributed by atoms with Crippen LogP contribution in [0, 0.1) is 6.92 Å². The Kier molecular flexibility index (Phi) is 3.97. The molecule has 0 bridgehead atoms. The van der Waals surface area contributed by atoms with Crippen LogP contribution >= 0.6 is 0 Å². The molecule has 0 spiro atoms. The fourth-order valence-corrected chi connectivity index (χ4v) is 1.63. The zero-order valence-corrected chi connectivity index (χ0v) is 11.6. The van der Waals surface area contributed by atoms with Crippen LogP contribution in [-0.2, 0) is 11.3 Å². The molecule has 2 heterocycles. The lowest BCUT2D eigenvalue weighted by atomic mass is 10.1. The molecule has 0 radical (unpaired) electrons. The molecule has 1 N–H and O–H groups in total. The minimum absolute atomic E-state index is 0.121. The fraction of sp³-hybridized carbons (Fsp3) is 0.385. The molecule has 7 nitrogen and oxygen atoms in total. The molecule has 106 valence electrons. The number of hydrogen-bond donors (Lipinski definition) is 1. The molecule has 2 aromatic rings. The Morgan fingerprint density at radius 2 is 2.20 bits per heavy atom. The van der Waals surface area contributed by atoms with E-state index in [9.17, 15) is 9.59 Å². The van der Waals surface area contributed by atoms with Gasteiger partial charge in [0.2, 0.25) is 11.8 Å². The molecule has 0 aromatic carbocycles. The molecule has 1 amide bonds. The van der Waals surface area contributed by atoms with Gasteiger partial charge in [0.1, 0.15) is 6.54 Å². The van der Waals surface area contributed by atoms with Gasteiger partial charge < -0.3 is 4.52 Å². The molecule has 2 rings (SSSR count). The highest BCUT2D eigenvalue weighted by Crippen LogP contribution is 2.09. The molecule has 20 heavy (non-hydrogen) atoms. The summed E-state index contributed by atoms with van der Waals surface area (Å²) >= 11 is 0. The van der Waals surface area contributed by atoms with Crippen molar-refractivity contribution in [3.05, 3.63) is 40.2 Å². The van der Waals surface area contributed by atoms with Crippen molar-refractivity contribution in [1.29, 1.82) is 0 Å². The molecule has 0 atom stereocenters. The summed E-state index contributed by atoms with van der Waals surface area (Å²) in [6.07, 6.45) is 1.38. The van der Waals surface area contributed by atoms with Crippen LogP contribution in [0.4, 0.5) is 5.88 Å². The van der Waals surface area contributed by atoms with Crippen LogP contribution in [0.5, 0.6) is 0 Å². The van der Waals surface area contributed by atoms with Crippen molar-refractivity contribution in [1.82, 2.24) is 14.7 Å². The summed E-state index contributed by atoms with van der Waals surface area (Å²) in [6.45, 7) is 5.53. The van der Waals surface area contributed by atoms with Crippen molar-refractivity contribution < 1.29 is 9.32 Å². The van der Waals surface area contributed by atoms with Crippen LogP contribution in [-0.4, -0.2) is 20.6 Å². The zero-order chi connectivity index (χ0) is 14.7. The van der Waals surface area contributed by atoms with Crippen molar-refractivity contribution in [2.45, 2.75) is 33.2 Å². The summed E-state index contributed by atoms with van der Waals surface area (Å²) in [4.78, 5) is 27.8. The maximum atomic E-state index is 11.8. The minimum Gasteiger partial charge on any atom is -0.338 e. The lowest BCUT2D eigenvalue weighted by Gasteiger charge is -2.07. The molecule has 0 aliphatic heterocycles. The third kappa shape index (κ3) is 3.31. The maximum Gasteiger partial charge on any atom is 0.254 e. The number of hydrogen-bond acceptors (Lipinski definition) is 5. The first-order chi connectivity index (χ1) is 9.45. The molecule has 0 saturated carbocycles. The normalized spacial score (nSPS) is 10.8. The molecule has 0 fully saturated rings. The number of carbonyl (C=O) groups excluding carboxylic acids is 1. The molecular formula is C13H16N4O3. The van der Waals surface area contributed by atoms with Gasteiger partial charge in [0.05, 0.1) is 17.7 Å². The average Bonchev–Trinajstić information content (AvgIpc) is 2.77. The van der Waals surface area contributed by atoms with Gasteiger partial charge in [0, 0.05) is 12.1 Å². The van der Waals surface area contributed by atoms with E-state index >= 15 is 0 Å². The number of anilines is 1. The first kappa shape index (κ1) is 14.0. The van der Waals surface area contributed by atoms with Crippen LogP contribution < -0.4 is 10.9 Å². The van der Waals surface area contributed by atoms with Crippen molar-refractivity contribution in [3.63, 3.8) is 0 Å². The summed E-state index contributed by atoms with van der Waals surface area (Å²) in [5.41, 5.74) is 1.12. The monoisotopic (exact) mass is 276 g/mol. The summed E-state index contributed by atoms with van der Waals surface area (Å²) in [6, 6.07) is 3.04. The summed E-state index contributed by atoms with van der Waals surface area (Å²) in [5, 5.41) is 6.17. The molecule has 0 aliphatic carbocycles. The van der Waals surface area contributed by atoms with Gasteiger partial charge in [-0.2, -0.15) is 0 Å². The van der Waals surface area contributed by atoms with Gasteiger partial charge in [-0.1, -0.05) is 19.0 Å². The summed E-state index contributed by atoms with van der Waals surface area (Å²) in [5.74, 6) is 0.0537. The van der Waals surface area contributed by atoms with E-state index in [1.807, 2.05) is 13.8 Å². The number of nitrogens with zero attached hydrogens (tertiary/aromatic N) is 3. The van der Waals surface area contributed by atoms with Gasteiger partial charge in [-0.3, -0.25) is 19.5 Å². The Morgan fingerprint density at radius 3 is 2.75 bits per heavy atom. The molecule has 2 aromatic heterocycles. The third-order valence-corrected chi connectivity index (χ3v) is 2.70. The van der Waals surface area contributed by atoms with E-state index in [0.29, 0.717) is 11.4 Å². The van der Waals surface area contributed by atoms with Gasteiger partial charge in [-0.05, 0) is 12.8 Å². The minimum atomic E-state index is -0.373. The van der Waals surface area contributed by atoms with E-state index in [2.05, 4.69) is 15.5 Å². The molecule has 0 aliphatic rings. The smallest absolute Gasteiger partial charge is 0.254 e. The van der Waals surface area contributed by atoms with Crippen LogP contribution in [0.3, 0.4) is 0 Å². The van der Waals surface area contributed by atoms with E-state index in [1.54, 1.807) is 13.0 Å². The van der Waals surface area contributed by atoms with E-state index in [0.717, 1.165) is 0 Å². The maximum absolute atomic E-state index is 11.8. The van der Waals surface area contributed by atoms with Crippen LogP contribution in [0.1, 0.15) is 31.2 Å². The number of carbonyl (C=O) groups is 1. The standard InChI is InChI=1S/C13H16N4O3/c1-8(2)10-5-13(19)17(7-14-10)6-11(18)15-12-4-9(3)16-20-12/h4-5,7-8H,6H2,1-3H3,(H,15,18). The first-order valence-corrected chi connectivity index (χ1v) is 6.25. The van der Waals surface area contributed by atoms with Crippen LogP contribution in [0.25, 0.3) is 0 Å². The third-order valence-electron chi connectivity index (χ3n) is 2.70. The predicted molar refractivity (Wildman–Crippen MR) is 72.5 cm³/mol. The number of amides is 1. The second-order valence-electron chi connectivity index (χ2n) is 4.82. The summed E-state index contributed by atoms with van der Waals surface area (Å²) in [7, 11) is 0. The number of nitrogens with one attached hydrogen (secondary N) is 1. The van der Waals surface area contributed by atoms with Gasteiger partial charge in [0.15, 0.2) is 0 Å². The Hall–Kier alpha value is -2.44. The molecule has 0 unspecified atom stereocenters. The van der Waals surface area contributed by atoms with Crippen LogP contribution in [0.15, 0.2) is 27.8 Å². The van der Waals surface area contributed by atoms with E-state index in [-0.39, 0.29) is 29.8 Å². The largest absolute Gasteiger partial charge is 0.338 e. The number of aromatic nitrogens is 3. The Morgan fingerprint density at radius 1 is 1.45 bits per heavy atom. The van der Waals surface area contributed by atoms with Crippen molar-refractivity contribution in [3.8, 4) is 0 Å². The first-order valence-electron chi connectivity index (χ1n) is 6.25. The molecule has 7 heteroatoms. The van der Waals surface area contributed by atoms with E-state index < -0.39 is 0 Å². The zero-order valence-electron chi connectivity index (χ0n) is 11.6. The van der Waals surface area contributed by atoms with E-state index in [1.165, 1.54) is 17.0 Å². The fourth-order valence-electron chi connectivity index (χ4n) is 1.63. The highest BCUT2D eigenvalue weighted by Gasteiger charge is 2.10. The highest BCUT2D eigenvalue weighted by atomic mass is 16.5. The highest BCUT2D eigenvalue weighted by molar-refractivity contribution is 5.89. The SMILES string of the molecule is Cc1cc(NC(=O)Cn2cnc(C(C)C)cc2=O)on1. The van der Waals surface area contributed by atoms with Crippen molar-refractivity contribution in [2.24, 2.45) is 0 Å². The lowest BCUT2D eigenvalue weighted by Crippen LogP contribution is -2.27. The quantitative estimate of drug-likeness (QED) is 0.909. The van der Waals surface area contributed by atoms with Crippen molar-refractivity contribution >= 4 is 11.8 Å². The average molecular weight is 276 g/mol. The lowest BCUT2D eigenvalue weighted by molar-refractivity contribution is -0.116. The second-order valence-corrected chi connectivity index (χ2v) is 4.82. The van der Waals surface area contributed by atoms with Crippen LogP contribution in [0.2, 0.25) is 0 Å². The van der Waals surface area contributed by atoms with Crippen molar-refractivity contribution in [2.75, 3.05) is 5.32 Å². The Balaban J connectivity index is 2.06. The van der Waals surface area contributed by atoms with Gasteiger partial charge in [-0.15, -0.1) is 0 Å². The second kappa shape index (κ2) is 5.68. The predicted octanol–water partition coefficient (Wildman–Crippen LogP) is 1.30. The Bertz CT molecular complexity index is 672. The van der Waals surface area contributed by atoms with Gasteiger partial charge >= 0.3 is 0 Å².